The van der Waals surface area contributed by atoms with Crippen molar-refractivity contribution in [2.75, 3.05) is 29.9 Å². The van der Waals surface area contributed by atoms with Crippen molar-refractivity contribution in [1.29, 1.82) is 0 Å². The van der Waals surface area contributed by atoms with E-state index in [0.29, 0.717) is 12.5 Å². The summed E-state index contributed by atoms with van der Waals surface area (Å²) in [5.41, 5.74) is 2.42. The number of amides is 2. The van der Waals surface area contributed by atoms with Gasteiger partial charge in [-0.05, 0) is 56.0 Å². The second-order valence-electron chi connectivity index (χ2n) is 6.88. The van der Waals surface area contributed by atoms with Crippen LogP contribution in [0.4, 0.5) is 15.8 Å². The Balaban J connectivity index is 1.43. The maximum absolute atomic E-state index is 13.1. The SMILES string of the molecule is Cc1cc(N2CCC(CNC(=O)C(=O)Nc3ccc(F)c(Cl)c3)CC2)ccn1. The van der Waals surface area contributed by atoms with Crippen LogP contribution in [0.1, 0.15) is 18.5 Å². The van der Waals surface area contributed by atoms with Crippen LogP contribution in [-0.4, -0.2) is 36.4 Å². The van der Waals surface area contributed by atoms with Gasteiger partial charge in [0.15, 0.2) is 0 Å². The molecule has 0 radical (unpaired) electrons. The number of hydrogen-bond donors (Lipinski definition) is 2. The molecular formula is C20H22ClFN4O2. The summed E-state index contributed by atoms with van der Waals surface area (Å²) in [7, 11) is 0. The molecule has 0 unspecified atom stereocenters. The number of anilines is 2. The summed E-state index contributed by atoms with van der Waals surface area (Å²) in [6.45, 7) is 4.20. The molecule has 1 saturated heterocycles. The molecule has 2 heterocycles. The van der Waals surface area contributed by atoms with E-state index in [4.69, 9.17) is 11.6 Å². The van der Waals surface area contributed by atoms with Crippen LogP contribution >= 0.6 is 11.6 Å². The van der Waals surface area contributed by atoms with E-state index < -0.39 is 17.6 Å². The Bertz CT molecular complexity index is 869. The first-order valence-corrected chi connectivity index (χ1v) is 9.52. The van der Waals surface area contributed by atoms with E-state index in [1.165, 1.54) is 12.1 Å². The Hall–Kier alpha value is -2.67. The molecule has 148 valence electrons. The topological polar surface area (TPSA) is 74.3 Å². The number of nitrogens with zero attached hydrogens (tertiary/aromatic N) is 2. The first-order valence-electron chi connectivity index (χ1n) is 9.14. The number of piperidine rings is 1. The summed E-state index contributed by atoms with van der Waals surface area (Å²) < 4.78 is 13.1. The largest absolute Gasteiger partial charge is 0.371 e. The van der Waals surface area contributed by atoms with Crippen LogP contribution in [0.25, 0.3) is 0 Å². The zero-order valence-electron chi connectivity index (χ0n) is 15.5. The van der Waals surface area contributed by atoms with Crippen molar-refractivity contribution in [3.05, 3.63) is 53.1 Å². The van der Waals surface area contributed by atoms with Gasteiger partial charge in [0.05, 0.1) is 5.02 Å². The summed E-state index contributed by atoms with van der Waals surface area (Å²) in [5, 5.41) is 4.97. The molecular weight excluding hydrogens is 383 g/mol. The van der Waals surface area contributed by atoms with E-state index in [0.717, 1.165) is 43.4 Å². The number of halogens is 2. The third-order valence-electron chi connectivity index (χ3n) is 4.79. The van der Waals surface area contributed by atoms with Gasteiger partial charge in [-0.25, -0.2) is 4.39 Å². The number of aryl methyl sites for hydroxylation is 1. The lowest BCUT2D eigenvalue weighted by atomic mass is 9.96. The van der Waals surface area contributed by atoms with Gasteiger partial charge in [-0.15, -0.1) is 0 Å². The minimum Gasteiger partial charge on any atom is -0.371 e. The second-order valence-corrected chi connectivity index (χ2v) is 7.29. The van der Waals surface area contributed by atoms with Crippen molar-refractivity contribution < 1.29 is 14.0 Å². The predicted molar refractivity (Wildman–Crippen MR) is 107 cm³/mol. The average Bonchev–Trinajstić information content (AvgIpc) is 2.69. The molecule has 0 atom stereocenters. The monoisotopic (exact) mass is 404 g/mol. The fraction of sp³-hybridized carbons (Fsp3) is 0.350. The molecule has 6 nitrogen and oxygen atoms in total. The Kier molecular flexibility index (Phi) is 6.46. The normalized spacial score (nSPS) is 14.6. The molecule has 1 aromatic heterocycles. The van der Waals surface area contributed by atoms with Gasteiger partial charge in [0.25, 0.3) is 0 Å². The number of pyridine rings is 1. The van der Waals surface area contributed by atoms with Crippen molar-refractivity contribution in [3.8, 4) is 0 Å². The maximum atomic E-state index is 13.1. The summed E-state index contributed by atoms with van der Waals surface area (Å²) in [6, 6.07) is 7.81. The number of carbonyl (C=O) groups excluding carboxylic acids is 2. The third kappa shape index (κ3) is 5.19. The standard InChI is InChI=1S/C20H22ClFN4O2/c1-13-10-16(4-7-23-13)26-8-5-14(6-9-26)12-24-19(27)20(28)25-15-2-3-18(22)17(21)11-15/h2-4,7,10-11,14H,5-6,8-9,12H2,1H3,(H,24,27)(H,25,28). The minimum absolute atomic E-state index is 0.116. The molecule has 0 bridgehead atoms. The predicted octanol–water partition coefficient (Wildman–Crippen LogP) is 3.15. The molecule has 1 aromatic carbocycles. The van der Waals surface area contributed by atoms with Gasteiger partial charge in [-0.1, -0.05) is 11.6 Å². The van der Waals surface area contributed by atoms with E-state index in [1.807, 2.05) is 19.2 Å². The van der Waals surface area contributed by atoms with Gasteiger partial charge in [0.2, 0.25) is 0 Å². The van der Waals surface area contributed by atoms with Crippen molar-refractivity contribution in [2.24, 2.45) is 5.92 Å². The molecule has 2 aromatic rings. The van der Waals surface area contributed by atoms with E-state index in [1.54, 1.807) is 0 Å². The van der Waals surface area contributed by atoms with Crippen molar-refractivity contribution >= 4 is 34.8 Å². The number of aromatic nitrogens is 1. The van der Waals surface area contributed by atoms with E-state index >= 15 is 0 Å². The van der Waals surface area contributed by atoms with Gasteiger partial charge in [-0.3, -0.25) is 14.6 Å². The Labute approximate surface area is 168 Å². The van der Waals surface area contributed by atoms with Crippen molar-refractivity contribution in [3.63, 3.8) is 0 Å². The summed E-state index contributed by atoms with van der Waals surface area (Å²) in [5.74, 6) is -1.78. The van der Waals surface area contributed by atoms with Gasteiger partial charge in [0.1, 0.15) is 5.82 Å². The van der Waals surface area contributed by atoms with Gasteiger partial charge >= 0.3 is 11.8 Å². The lowest BCUT2D eigenvalue weighted by molar-refractivity contribution is -0.136. The van der Waals surface area contributed by atoms with Gasteiger partial charge < -0.3 is 15.5 Å². The number of hydrogen-bond acceptors (Lipinski definition) is 4. The number of rotatable bonds is 4. The second kappa shape index (κ2) is 9.01. The minimum atomic E-state index is -0.799. The van der Waals surface area contributed by atoms with Crippen LogP contribution in [-0.2, 0) is 9.59 Å². The van der Waals surface area contributed by atoms with Gasteiger partial charge in [0, 0.05) is 42.9 Å². The fourth-order valence-corrected chi connectivity index (χ4v) is 3.38. The smallest absolute Gasteiger partial charge is 0.313 e. The quantitative estimate of drug-likeness (QED) is 0.768. The Morgan fingerprint density at radius 3 is 2.64 bits per heavy atom. The van der Waals surface area contributed by atoms with E-state index in [2.05, 4.69) is 26.6 Å². The van der Waals surface area contributed by atoms with Crippen LogP contribution in [0.15, 0.2) is 36.5 Å². The summed E-state index contributed by atoms with van der Waals surface area (Å²) in [6.07, 6.45) is 3.66. The highest BCUT2D eigenvalue weighted by molar-refractivity contribution is 6.39. The molecule has 0 spiro atoms. The van der Waals surface area contributed by atoms with Crippen LogP contribution < -0.4 is 15.5 Å². The first kappa shape index (κ1) is 20.1. The van der Waals surface area contributed by atoms with E-state index in [9.17, 15) is 14.0 Å². The van der Waals surface area contributed by atoms with Crippen molar-refractivity contribution in [2.45, 2.75) is 19.8 Å². The maximum Gasteiger partial charge on any atom is 0.313 e. The van der Waals surface area contributed by atoms with Crippen LogP contribution in [0.2, 0.25) is 5.02 Å². The Morgan fingerprint density at radius 1 is 1.21 bits per heavy atom. The summed E-state index contributed by atoms with van der Waals surface area (Å²) in [4.78, 5) is 30.5. The molecule has 0 aliphatic carbocycles. The molecule has 1 fully saturated rings. The molecule has 28 heavy (non-hydrogen) atoms. The molecule has 3 rings (SSSR count). The average molecular weight is 405 g/mol. The van der Waals surface area contributed by atoms with E-state index in [-0.39, 0.29) is 10.7 Å². The zero-order chi connectivity index (χ0) is 20.1. The molecule has 8 heteroatoms. The van der Waals surface area contributed by atoms with Gasteiger partial charge in [-0.2, -0.15) is 0 Å². The van der Waals surface area contributed by atoms with Crippen LogP contribution in [0.3, 0.4) is 0 Å². The highest BCUT2D eigenvalue weighted by atomic mass is 35.5. The molecule has 2 N–H and O–H groups in total. The number of carbonyl (C=O) groups is 2. The number of benzene rings is 1. The van der Waals surface area contributed by atoms with Crippen LogP contribution in [0, 0.1) is 18.7 Å². The lowest BCUT2D eigenvalue weighted by Gasteiger charge is -2.33. The third-order valence-corrected chi connectivity index (χ3v) is 5.08. The van der Waals surface area contributed by atoms with Crippen molar-refractivity contribution in [1.82, 2.24) is 10.3 Å². The lowest BCUT2D eigenvalue weighted by Crippen LogP contribution is -2.41. The summed E-state index contributed by atoms with van der Waals surface area (Å²) >= 11 is 5.67. The Morgan fingerprint density at radius 2 is 1.96 bits per heavy atom. The highest BCUT2D eigenvalue weighted by Crippen LogP contribution is 2.23. The molecule has 1 aliphatic rings. The fourth-order valence-electron chi connectivity index (χ4n) is 3.20. The first-order chi connectivity index (χ1) is 13.4. The molecule has 2 amide bonds. The molecule has 0 saturated carbocycles. The molecule has 1 aliphatic heterocycles. The highest BCUT2D eigenvalue weighted by Gasteiger charge is 2.22. The van der Waals surface area contributed by atoms with Crippen LogP contribution in [0.5, 0.6) is 0 Å². The zero-order valence-corrected chi connectivity index (χ0v) is 16.3. The number of nitrogens with one attached hydrogen (secondary N) is 2.